The normalized spacial score (nSPS) is 19.8. The molecule has 9 nitrogen and oxygen atoms in total. The molecule has 0 radical (unpaired) electrons. The minimum Gasteiger partial charge on any atom is -0.454 e. The van der Waals surface area contributed by atoms with Crippen LogP contribution >= 0.6 is 0 Å². The summed E-state index contributed by atoms with van der Waals surface area (Å²) in [7, 11) is 0. The van der Waals surface area contributed by atoms with E-state index in [1.54, 1.807) is 12.1 Å². The quantitative estimate of drug-likeness (QED) is 0.472. The van der Waals surface area contributed by atoms with Crippen LogP contribution in [0.2, 0.25) is 0 Å². The van der Waals surface area contributed by atoms with E-state index >= 15 is 0 Å². The van der Waals surface area contributed by atoms with E-state index in [9.17, 15) is 14.9 Å². The Kier molecular flexibility index (Phi) is 4.89. The first-order valence-electron chi connectivity index (χ1n) is 9.08. The number of nitrogens with one attached hydrogen (secondary N) is 1. The van der Waals surface area contributed by atoms with Crippen LogP contribution in [-0.4, -0.2) is 30.4 Å². The Labute approximate surface area is 166 Å². The summed E-state index contributed by atoms with van der Waals surface area (Å²) in [6, 6.07) is 9.79. The third-order valence-corrected chi connectivity index (χ3v) is 4.94. The largest absolute Gasteiger partial charge is 0.454 e. The lowest BCUT2D eigenvalue weighted by molar-refractivity contribution is -0.384. The Morgan fingerprint density at radius 3 is 2.90 bits per heavy atom. The number of ether oxygens (including phenoxy) is 3. The first-order chi connectivity index (χ1) is 13.9. The summed E-state index contributed by atoms with van der Waals surface area (Å²) in [5.41, 5.74) is 4.07. The number of carbonyl (C=O) groups is 1. The van der Waals surface area contributed by atoms with Gasteiger partial charge < -0.3 is 14.2 Å². The van der Waals surface area contributed by atoms with Gasteiger partial charge in [-0.1, -0.05) is 12.1 Å². The molecule has 150 valence electrons. The highest BCUT2D eigenvalue weighted by atomic mass is 16.7. The van der Waals surface area contributed by atoms with Gasteiger partial charge in [0.2, 0.25) is 12.7 Å². The fraction of sp³-hybridized carbons (Fsp3) is 0.300. The molecule has 0 saturated heterocycles. The van der Waals surface area contributed by atoms with Crippen LogP contribution in [0.5, 0.6) is 11.5 Å². The number of carbonyl (C=O) groups excluding carboxylic acids is 1. The predicted molar refractivity (Wildman–Crippen MR) is 103 cm³/mol. The number of nitro groups is 1. The molecule has 0 aliphatic carbocycles. The van der Waals surface area contributed by atoms with Gasteiger partial charge in [-0.15, -0.1) is 0 Å². The second kappa shape index (κ2) is 7.51. The van der Waals surface area contributed by atoms with Crippen LogP contribution in [0.3, 0.4) is 0 Å². The Morgan fingerprint density at radius 1 is 1.31 bits per heavy atom. The first-order valence-corrected chi connectivity index (χ1v) is 9.08. The minimum absolute atomic E-state index is 0.0428. The number of non-ortho nitro benzene ring substituents is 1. The van der Waals surface area contributed by atoms with E-state index in [1.165, 1.54) is 18.3 Å². The zero-order chi connectivity index (χ0) is 20.4. The number of rotatable bonds is 5. The summed E-state index contributed by atoms with van der Waals surface area (Å²) in [6.45, 7) is 2.53. The summed E-state index contributed by atoms with van der Waals surface area (Å²) in [5, 5.41) is 14.7. The zero-order valence-electron chi connectivity index (χ0n) is 15.7. The molecular weight excluding hydrogens is 378 g/mol. The van der Waals surface area contributed by atoms with Crippen LogP contribution in [0.15, 0.2) is 41.5 Å². The Balaban J connectivity index is 1.45. The third kappa shape index (κ3) is 3.90. The molecule has 1 N–H and O–H groups in total. The Morgan fingerprint density at radius 2 is 2.10 bits per heavy atom. The van der Waals surface area contributed by atoms with Crippen LogP contribution in [0.25, 0.3) is 0 Å². The first kappa shape index (κ1) is 18.9. The molecule has 9 heteroatoms. The van der Waals surface area contributed by atoms with Gasteiger partial charge in [0.05, 0.1) is 29.8 Å². The molecule has 2 aliphatic rings. The van der Waals surface area contributed by atoms with Crippen LogP contribution in [0.4, 0.5) is 5.69 Å². The van der Waals surface area contributed by atoms with Crippen molar-refractivity contribution in [3.05, 3.63) is 63.2 Å². The predicted octanol–water partition coefficient (Wildman–Crippen LogP) is 2.65. The molecule has 0 saturated carbocycles. The molecule has 2 heterocycles. The maximum Gasteiger partial charge on any atom is 0.270 e. The summed E-state index contributed by atoms with van der Waals surface area (Å²) in [5.74, 6) is 1.02. The van der Waals surface area contributed by atoms with Gasteiger partial charge >= 0.3 is 0 Å². The molecule has 1 unspecified atom stereocenters. The molecule has 4 rings (SSSR count). The van der Waals surface area contributed by atoms with E-state index < -0.39 is 10.5 Å². The van der Waals surface area contributed by atoms with E-state index in [2.05, 4.69) is 10.5 Å². The Hall–Kier alpha value is -3.46. The maximum atomic E-state index is 12.5. The van der Waals surface area contributed by atoms with Gasteiger partial charge in [0.25, 0.3) is 5.69 Å². The zero-order valence-corrected chi connectivity index (χ0v) is 15.7. The molecule has 0 bridgehead atoms. The summed E-state index contributed by atoms with van der Waals surface area (Å²) < 4.78 is 16.8. The molecule has 1 amide bonds. The summed E-state index contributed by atoms with van der Waals surface area (Å²) in [6.07, 6.45) is 2.15. The number of amides is 1. The molecule has 2 aliphatic heterocycles. The molecule has 0 spiro atoms. The van der Waals surface area contributed by atoms with Gasteiger partial charge in [0, 0.05) is 17.7 Å². The molecule has 2 aromatic rings. The highest BCUT2D eigenvalue weighted by molar-refractivity contribution is 5.83. The van der Waals surface area contributed by atoms with Crippen LogP contribution in [-0.2, 0) is 21.6 Å². The van der Waals surface area contributed by atoms with Crippen molar-refractivity contribution in [1.82, 2.24) is 5.43 Å². The fourth-order valence-electron chi connectivity index (χ4n) is 3.54. The van der Waals surface area contributed by atoms with E-state index in [4.69, 9.17) is 14.2 Å². The van der Waals surface area contributed by atoms with Gasteiger partial charge in [-0.3, -0.25) is 14.9 Å². The van der Waals surface area contributed by atoms with Crippen molar-refractivity contribution in [2.45, 2.75) is 25.4 Å². The number of fused-ring (bicyclic) bond motifs is 2. The number of hydrogen-bond acceptors (Lipinski definition) is 7. The lowest BCUT2D eigenvalue weighted by Crippen LogP contribution is -2.37. The van der Waals surface area contributed by atoms with Crippen molar-refractivity contribution < 1.29 is 23.9 Å². The molecule has 1 atom stereocenters. The van der Waals surface area contributed by atoms with E-state index in [0.717, 1.165) is 17.5 Å². The van der Waals surface area contributed by atoms with Crippen LogP contribution in [0.1, 0.15) is 30.0 Å². The standard InChI is InChI=1S/C20H19N3O6/c1-20(16-9-18-17(27-12-28-18)8-14(16)5-6-29-20)10-19(24)22-21-11-13-3-2-4-15(7-13)23(25)26/h2-4,7-9,11H,5-6,10,12H2,1H3,(H,22,24)/b21-11+. The highest BCUT2D eigenvalue weighted by Gasteiger charge is 2.37. The number of nitrogens with zero attached hydrogens (tertiary/aromatic N) is 2. The average Bonchev–Trinajstić information content (AvgIpc) is 3.14. The van der Waals surface area contributed by atoms with Gasteiger partial charge in [-0.05, 0) is 36.6 Å². The SMILES string of the molecule is CC1(CC(=O)N/N=C/c2cccc([N+](=O)[O-])c2)OCCc2cc3c(cc21)OCO3. The van der Waals surface area contributed by atoms with Crippen molar-refractivity contribution in [3.8, 4) is 11.5 Å². The fourth-order valence-corrected chi connectivity index (χ4v) is 3.54. The van der Waals surface area contributed by atoms with Crippen LogP contribution < -0.4 is 14.9 Å². The number of hydrogen-bond donors (Lipinski definition) is 1. The van der Waals surface area contributed by atoms with Crippen molar-refractivity contribution >= 4 is 17.8 Å². The number of benzene rings is 2. The molecule has 2 aromatic carbocycles. The smallest absolute Gasteiger partial charge is 0.270 e. The topological polar surface area (TPSA) is 112 Å². The van der Waals surface area contributed by atoms with Crippen molar-refractivity contribution in [1.29, 1.82) is 0 Å². The van der Waals surface area contributed by atoms with Gasteiger partial charge in [-0.25, -0.2) is 5.43 Å². The molecule has 0 aromatic heterocycles. The molecule has 29 heavy (non-hydrogen) atoms. The monoisotopic (exact) mass is 397 g/mol. The second-order valence-electron chi connectivity index (χ2n) is 7.01. The van der Waals surface area contributed by atoms with Crippen LogP contribution in [0, 0.1) is 10.1 Å². The summed E-state index contributed by atoms with van der Waals surface area (Å²) in [4.78, 5) is 22.8. The lowest BCUT2D eigenvalue weighted by atomic mass is 9.84. The Bertz CT molecular complexity index is 1010. The van der Waals surface area contributed by atoms with Gasteiger partial charge in [-0.2, -0.15) is 5.10 Å². The molecule has 0 fully saturated rings. The molecular formula is C20H19N3O6. The van der Waals surface area contributed by atoms with Crippen molar-refractivity contribution in [3.63, 3.8) is 0 Å². The highest BCUT2D eigenvalue weighted by Crippen LogP contribution is 2.43. The minimum atomic E-state index is -0.820. The second-order valence-corrected chi connectivity index (χ2v) is 7.01. The third-order valence-electron chi connectivity index (χ3n) is 4.94. The average molecular weight is 397 g/mol. The van der Waals surface area contributed by atoms with Crippen molar-refractivity contribution in [2.24, 2.45) is 5.10 Å². The summed E-state index contributed by atoms with van der Waals surface area (Å²) >= 11 is 0. The van der Waals surface area contributed by atoms with Crippen molar-refractivity contribution in [2.75, 3.05) is 13.4 Å². The van der Waals surface area contributed by atoms with Gasteiger partial charge in [0.15, 0.2) is 11.5 Å². The van der Waals surface area contributed by atoms with E-state index in [-0.39, 0.29) is 24.8 Å². The number of nitro benzene ring substituents is 1. The van der Waals surface area contributed by atoms with E-state index in [0.29, 0.717) is 23.7 Å². The maximum absolute atomic E-state index is 12.5. The lowest BCUT2D eigenvalue weighted by Gasteiger charge is -2.35. The van der Waals surface area contributed by atoms with Gasteiger partial charge in [0.1, 0.15) is 0 Å². The van der Waals surface area contributed by atoms with E-state index in [1.807, 2.05) is 19.1 Å². The number of hydrazone groups is 1.